The lowest BCUT2D eigenvalue weighted by Crippen LogP contribution is -2.25. The van der Waals surface area contributed by atoms with Gasteiger partial charge < -0.3 is 0 Å². The number of aromatic nitrogens is 2. The number of hydrogen-bond donors (Lipinski definition) is 2. The van der Waals surface area contributed by atoms with Crippen LogP contribution in [0.1, 0.15) is 33.5 Å². The molecule has 0 spiro atoms. The van der Waals surface area contributed by atoms with E-state index in [0.717, 1.165) is 23.3 Å². The molecule has 1 aromatic heterocycles. The molecular formula is C20H22N4O3S2. The van der Waals surface area contributed by atoms with Crippen molar-refractivity contribution in [3.8, 4) is 0 Å². The number of nitrogens with one attached hydrogen (secondary N) is 2. The number of nitrogens with zero attached hydrogens (tertiary/aromatic N) is 2. The van der Waals surface area contributed by atoms with E-state index in [1.807, 2.05) is 44.2 Å². The number of carbonyl (C=O) groups is 1. The Balaban J connectivity index is 1.54. The highest BCUT2D eigenvalue weighted by Gasteiger charge is 2.20. The van der Waals surface area contributed by atoms with Crippen LogP contribution in [0.5, 0.6) is 0 Å². The second kappa shape index (κ2) is 9.25. The lowest BCUT2D eigenvalue weighted by atomic mass is 10.1. The van der Waals surface area contributed by atoms with Crippen LogP contribution in [0.4, 0.5) is 5.13 Å². The zero-order chi connectivity index (χ0) is 20.9. The number of rotatable bonds is 8. The molecule has 0 aliphatic rings. The third kappa shape index (κ3) is 5.93. The van der Waals surface area contributed by atoms with Gasteiger partial charge in [0, 0.05) is 12.1 Å². The number of benzene rings is 2. The molecule has 0 unspecified atom stereocenters. The van der Waals surface area contributed by atoms with Gasteiger partial charge in [0.25, 0.3) is 15.9 Å². The van der Waals surface area contributed by atoms with Gasteiger partial charge in [-0.25, -0.2) is 13.1 Å². The van der Waals surface area contributed by atoms with E-state index >= 15 is 0 Å². The van der Waals surface area contributed by atoms with Gasteiger partial charge in [-0.05, 0) is 44.4 Å². The summed E-state index contributed by atoms with van der Waals surface area (Å²) in [6.45, 7) is 4.25. The fraction of sp³-hybridized carbons (Fsp3) is 0.250. The molecule has 152 valence electrons. The maximum Gasteiger partial charge on any atom is 0.269 e. The molecule has 3 aromatic rings. The van der Waals surface area contributed by atoms with Crippen molar-refractivity contribution in [3.63, 3.8) is 0 Å². The average molecular weight is 431 g/mol. The van der Waals surface area contributed by atoms with E-state index in [1.54, 1.807) is 12.1 Å². The third-order valence-corrected chi connectivity index (χ3v) is 6.85. The van der Waals surface area contributed by atoms with E-state index in [1.165, 1.54) is 11.1 Å². The Bertz CT molecular complexity index is 1090. The molecule has 29 heavy (non-hydrogen) atoms. The smallest absolute Gasteiger partial charge is 0.269 e. The first-order chi connectivity index (χ1) is 13.8. The minimum atomic E-state index is -3.76. The van der Waals surface area contributed by atoms with Crippen LogP contribution in [0, 0.1) is 13.8 Å². The monoisotopic (exact) mass is 430 g/mol. The molecule has 0 aliphatic carbocycles. The summed E-state index contributed by atoms with van der Waals surface area (Å²) in [5, 5.41) is 10.2. The number of sulfonamides is 1. The number of anilines is 1. The van der Waals surface area contributed by atoms with E-state index in [2.05, 4.69) is 26.3 Å². The van der Waals surface area contributed by atoms with Crippen molar-refractivity contribution < 1.29 is 13.2 Å². The number of amides is 1. The summed E-state index contributed by atoms with van der Waals surface area (Å²) in [5.74, 6) is -0.365. The van der Waals surface area contributed by atoms with Crippen molar-refractivity contribution in [1.29, 1.82) is 0 Å². The van der Waals surface area contributed by atoms with Gasteiger partial charge >= 0.3 is 0 Å². The van der Waals surface area contributed by atoms with Gasteiger partial charge in [0.15, 0.2) is 0 Å². The first kappa shape index (κ1) is 21.1. The highest BCUT2D eigenvalue weighted by atomic mass is 32.2. The summed E-state index contributed by atoms with van der Waals surface area (Å²) in [4.78, 5) is 12.2. The normalized spacial score (nSPS) is 11.4. The van der Waals surface area contributed by atoms with Gasteiger partial charge in [0.2, 0.25) is 9.47 Å². The Morgan fingerprint density at radius 2 is 1.79 bits per heavy atom. The van der Waals surface area contributed by atoms with E-state index in [4.69, 9.17) is 0 Å². The molecule has 1 amide bonds. The van der Waals surface area contributed by atoms with Gasteiger partial charge in [0.1, 0.15) is 0 Å². The first-order valence-corrected chi connectivity index (χ1v) is 11.4. The minimum Gasteiger partial charge on any atom is -0.296 e. The number of aryl methyl sites for hydroxylation is 3. The molecule has 9 heteroatoms. The standard InChI is InChI=1S/C20H22N4O3S2/c1-14-8-10-17(11-9-14)18(25)22-19-23-24-20(28-19)29(26,27)21-12-4-7-16-6-3-5-15(2)13-16/h3,5-6,8-11,13,21H,4,7,12H2,1-2H3,(H,22,23,25). The van der Waals surface area contributed by atoms with Crippen LogP contribution in [0.15, 0.2) is 52.9 Å². The molecule has 0 radical (unpaired) electrons. The van der Waals surface area contributed by atoms with Crippen LogP contribution in [-0.2, 0) is 16.4 Å². The minimum absolute atomic E-state index is 0.135. The van der Waals surface area contributed by atoms with E-state index < -0.39 is 10.0 Å². The molecular weight excluding hydrogens is 408 g/mol. The molecule has 0 fully saturated rings. The Morgan fingerprint density at radius 3 is 2.52 bits per heavy atom. The zero-order valence-electron chi connectivity index (χ0n) is 16.2. The molecule has 7 nitrogen and oxygen atoms in total. The predicted octanol–water partition coefficient (Wildman–Crippen LogP) is 3.32. The van der Waals surface area contributed by atoms with Gasteiger partial charge in [-0.15, -0.1) is 10.2 Å². The van der Waals surface area contributed by atoms with E-state index in [-0.39, 0.29) is 15.4 Å². The molecule has 2 N–H and O–H groups in total. The lowest BCUT2D eigenvalue weighted by molar-refractivity contribution is 0.102. The summed E-state index contributed by atoms with van der Waals surface area (Å²) in [7, 11) is -3.76. The Hall–Kier alpha value is -2.62. The third-order valence-electron chi connectivity index (χ3n) is 4.19. The Labute approximate surface area is 174 Å². The summed E-state index contributed by atoms with van der Waals surface area (Å²) >= 11 is 0.818. The van der Waals surface area contributed by atoms with Gasteiger partial charge in [-0.1, -0.05) is 58.9 Å². The van der Waals surface area contributed by atoms with Crippen LogP contribution in [0.3, 0.4) is 0 Å². The van der Waals surface area contributed by atoms with Crippen molar-refractivity contribution in [1.82, 2.24) is 14.9 Å². The van der Waals surface area contributed by atoms with Gasteiger partial charge in [-0.3, -0.25) is 10.1 Å². The fourth-order valence-corrected chi connectivity index (χ4v) is 4.68. The van der Waals surface area contributed by atoms with Crippen LogP contribution < -0.4 is 10.0 Å². The second-order valence-corrected chi connectivity index (χ2v) is 9.60. The number of carbonyl (C=O) groups excluding carboxylic acids is 1. The van der Waals surface area contributed by atoms with Crippen molar-refractivity contribution in [2.24, 2.45) is 0 Å². The SMILES string of the molecule is Cc1ccc(C(=O)Nc2nnc(S(=O)(=O)NCCCc3cccc(C)c3)s2)cc1. The van der Waals surface area contributed by atoms with Gasteiger partial charge in [0.05, 0.1) is 0 Å². The summed E-state index contributed by atoms with van der Waals surface area (Å²) in [6, 6.07) is 15.2. The molecule has 2 aromatic carbocycles. The average Bonchev–Trinajstić information content (AvgIpc) is 3.15. The highest BCUT2D eigenvalue weighted by molar-refractivity contribution is 7.91. The highest BCUT2D eigenvalue weighted by Crippen LogP contribution is 2.20. The first-order valence-electron chi connectivity index (χ1n) is 9.10. The molecule has 0 saturated carbocycles. The number of hydrogen-bond acceptors (Lipinski definition) is 6. The Kier molecular flexibility index (Phi) is 6.73. The summed E-state index contributed by atoms with van der Waals surface area (Å²) in [6.07, 6.45) is 1.44. The van der Waals surface area contributed by atoms with Gasteiger partial charge in [-0.2, -0.15) is 0 Å². The van der Waals surface area contributed by atoms with Crippen LogP contribution >= 0.6 is 11.3 Å². The largest absolute Gasteiger partial charge is 0.296 e. The quantitative estimate of drug-likeness (QED) is 0.422. The van der Waals surface area contributed by atoms with Crippen molar-refractivity contribution in [3.05, 3.63) is 70.8 Å². The molecule has 0 saturated heterocycles. The second-order valence-electron chi connectivity index (χ2n) is 6.68. The summed E-state index contributed by atoms with van der Waals surface area (Å²) < 4.78 is 27.1. The van der Waals surface area contributed by atoms with Crippen molar-refractivity contribution in [2.45, 2.75) is 31.0 Å². The van der Waals surface area contributed by atoms with E-state index in [0.29, 0.717) is 18.5 Å². The van der Waals surface area contributed by atoms with Crippen molar-refractivity contribution in [2.75, 3.05) is 11.9 Å². The van der Waals surface area contributed by atoms with Crippen LogP contribution in [0.25, 0.3) is 0 Å². The maximum absolute atomic E-state index is 12.4. The Morgan fingerprint density at radius 1 is 1.03 bits per heavy atom. The molecule has 0 aliphatic heterocycles. The molecule has 0 atom stereocenters. The molecule has 0 bridgehead atoms. The lowest BCUT2D eigenvalue weighted by Gasteiger charge is -2.04. The topological polar surface area (TPSA) is 101 Å². The van der Waals surface area contributed by atoms with E-state index in [9.17, 15) is 13.2 Å². The molecule has 1 heterocycles. The predicted molar refractivity (Wildman–Crippen MR) is 114 cm³/mol. The van der Waals surface area contributed by atoms with Crippen LogP contribution in [0.2, 0.25) is 0 Å². The summed E-state index contributed by atoms with van der Waals surface area (Å²) in [5.41, 5.74) is 3.85. The van der Waals surface area contributed by atoms with Crippen LogP contribution in [-0.4, -0.2) is 31.1 Å². The zero-order valence-corrected chi connectivity index (χ0v) is 17.8. The molecule has 3 rings (SSSR count). The van der Waals surface area contributed by atoms with Crippen molar-refractivity contribution >= 4 is 32.4 Å². The maximum atomic E-state index is 12.4. The fourth-order valence-electron chi connectivity index (χ4n) is 2.67.